The van der Waals surface area contributed by atoms with Gasteiger partial charge in [0.15, 0.2) is 0 Å². The summed E-state index contributed by atoms with van der Waals surface area (Å²) in [6.07, 6.45) is 5.39. The highest BCUT2D eigenvalue weighted by molar-refractivity contribution is 7.90. The number of hydrogen-bond acceptors (Lipinski definition) is 7. The number of nitrogens with zero attached hydrogens (tertiary/aromatic N) is 2. The van der Waals surface area contributed by atoms with Gasteiger partial charge in [-0.15, -0.1) is 0 Å². The Balaban J connectivity index is 1.82. The predicted octanol–water partition coefficient (Wildman–Crippen LogP) is 4.22. The molecule has 0 spiro atoms. The number of nitriles is 1. The third-order valence-corrected chi connectivity index (χ3v) is 8.40. The van der Waals surface area contributed by atoms with Crippen molar-refractivity contribution in [3.63, 3.8) is 0 Å². The van der Waals surface area contributed by atoms with Crippen molar-refractivity contribution < 1.29 is 22.3 Å². The molecule has 1 aliphatic rings. The molecule has 0 unspecified atom stereocenters. The Kier molecular flexibility index (Phi) is 10.3. The second-order valence-corrected chi connectivity index (χ2v) is 11.8. The average molecular weight is 545 g/mol. The fourth-order valence-corrected chi connectivity index (χ4v) is 5.86. The molecule has 2 N–H and O–H groups in total. The van der Waals surface area contributed by atoms with Gasteiger partial charge in [-0.3, -0.25) is 4.79 Å². The Morgan fingerprint density at radius 2 is 1.84 bits per heavy atom. The quantitative estimate of drug-likeness (QED) is 0.412. The molecule has 0 aliphatic heterocycles. The molecule has 8 nitrogen and oxygen atoms in total. The molecule has 1 aliphatic carbocycles. The van der Waals surface area contributed by atoms with E-state index in [9.17, 15) is 18.5 Å². The molecule has 1 amide bonds. The molecule has 1 atom stereocenters. The van der Waals surface area contributed by atoms with Gasteiger partial charge in [0.2, 0.25) is 0 Å². The van der Waals surface area contributed by atoms with Gasteiger partial charge >= 0.3 is 0 Å². The Hall–Kier alpha value is -3.00. The number of carbonyl (C=O) groups is 1. The van der Waals surface area contributed by atoms with E-state index >= 15 is 4.39 Å². The number of hydrogen-bond donors (Lipinski definition) is 2. The standard InChI is InChI=1S/C28H37FN4O4S/c1-33(2)17-14-23(13-12-21-10-6-4-7-11-21)31-26-22(20-30)18-24(19-25(26)29)38(35,36)32-27(34)28(37-3)15-8-5-9-16-28/h4,6-7,10-11,18-19,23,31H,5,8-9,12-17H2,1-3H3,(H,32,34)/t23-/m0/s1. The highest BCUT2D eigenvalue weighted by atomic mass is 32.2. The second kappa shape index (κ2) is 13.2. The lowest BCUT2D eigenvalue weighted by molar-refractivity contribution is -0.145. The summed E-state index contributed by atoms with van der Waals surface area (Å²) < 4.78 is 48.9. The summed E-state index contributed by atoms with van der Waals surface area (Å²) in [7, 11) is 0.853. The van der Waals surface area contributed by atoms with Crippen LogP contribution in [0, 0.1) is 17.1 Å². The summed E-state index contributed by atoms with van der Waals surface area (Å²) in [5.41, 5.74) is -0.280. The lowest BCUT2D eigenvalue weighted by Gasteiger charge is -2.34. The number of anilines is 1. The molecule has 10 heteroatoms. The van der Waals surface area contributed by atoms with Crippen molar-refractivity contribution in [3.8, 4) is 6.07 Å². The summed E-state index contributed by atoms with van der Waals surface area (Å²) in [5.74, 6) is -1.64. The number of nitrogens with one attached hydrogen (secondary N) is 2. The molecule has 1 saturated carbocycles. The van der Waals surface area contributed by atoms with Crippen LogP contribution >= 0.6 is 0 Å². The van der Waals surface area contributed by atoms with E-state index in [4.69, 9.17) is 4.74 Å². The van der Waals surface area contributed by atoms with Crippen LogP contribution in [0.1, 0.15) is 56.1 Å². The molecule has 0 heterocycles. The number of methoxy groups -OCH3 is 1. The minimum Gasteiger partial charge on any atom is -0.379 e. The van der Waals surface area contributed by atoms with Gasteiger partial charge in [0.05, 0.1) is 16.1 Å². The van der Waals surface area contributed by atoms with E-state index in [1.807, 2.05) is 55.4 Å². The van der Waals surface area contributed by atoms with E-state index in [0.717, 1.165) is 49.9 Å². The van der Waals surface area contributed by atoms with Crippen molar-refractivity contribution in [2.45, 2.75) is 67.9 Å². The SMILES string of the molecule is COC1(C(=O)NS(=O)(=O)c2cc(F)c(N[C@@H](CCc3ccccc3)CCN(C)C)c(C#N)c2)CCCCC1. The molecule has 206 valence electrons. The van der Waals surface area contributed by atoms with E-state index in [-0.39, 0.29) is 17.3 Å². The number of amides is 1. The highest BCUT2D eigenvalue weighted by Crippen LogP contribution is 2.32. The normalized spacial score (nSPS) is 16.0. The maximum absolute atomic E-state index is 15.4. The van der Waals surface area contributed by atoms with Crippen LogP contribution in [0.2, 0.25) is 0 Å². The topological polar surface area (TPSA) is 112 Å². The lowest BCUT2D eigenvalue weighted by atomic mass is 9.84. The first kappa shape index (κ1) is 29.6. The first-order chi connectivity index (χ1) is 18.1. The second-order valence-electron chi connectivity index (χ2n) is 10.1. The number of rotatable bonds is 12. The number of carbonyl (C=O) groups excluding carboxylic acids is 1. The maximum atomic E-state index is 15.4. The third kappa shape index (κ3) is 7.53. The number of ether oxygens (including phenoxy) is 1. The van der Waals surface area contributed by atoms with Gasteiger partial charge in [-0.1, -0.05) is 49.6 Å². The molecule has 2 aromatic carbocycles. The molecule has 0 bridgehead atoms. The Labute approximate surface area is 225 Å². The maximum Gasteiger partial charge on any atom is 0.265 e. The van der Waals surface area contributed by atoms with Crippen molar-refractivity contribution in [2.75, 3.05) is 33.1 Å². The Morgan fingerprint density at radius 3 is 2.45 bits per heavy atom. The molecule has 0 saturated heterocycles. The van der Waals surface area contributed by atoms with Crippen molar-refractivity contribution in [1.29, 1.82) is 5.26 Å². The zero-order valence-electron chi connectivity index (χ0n) is 22.3. The molecule has 1 fully saturated rings. The largest absolute Gasteiger partial charge is 0.379 e. The van der Waals surface area contributed by atoms with Gasteiger partial charge in [-0.2, -0.15) is 5.26 Å². The minimum atomic E-state index is -4.43. The monoisotopic (exact) mass is 544 g/mol. The molecule has 0 aromatic heterocycles. The van der Waals surface area contributed by atoms with Crippen molar-refractivity contribution in [2.24, 2.45) is 0 Å². The van der Waals surface area contributed by atoms with Gasteiger partial charge in [0.25, 0.3) is 15.9 Å². The van der Waals surface area contributed by atoms with Crippen LogP contribution in [0.5, 0.6) is 0 Å². The van der Waals surface area contributed by atoms with Crippen LogP contribution in [0.4, 0.5) is 10.1 Å². The van der Waals surface area contributed by atoms with Gasteiger partial charge in [-0.05, 0) is 70.4 Å². The van der Waals surface area contributed by atoms with Crippen LogP contribution in [-0.4, -0.2) is 58.6 Å². The van der Waals surface area contributed by atoms with Crippen molar-refractivity contribution >= 4 is 21.6 Å². The zero-order chi connectivity index (χ0) is 27.8. The van der Waals surface area contributed by atoms with Crippen LogP contribution in [0.15, 0.2) is 47.4 Å². The van der Waals surface area contributed by atoms with Gasteiger partial charge < -0.3 is 15.0 Å². The molecule has 3 rings (SSSR count). The van der Waals surface area contributed by atoms with Crippen molar-refractivity contribution in [1.82, 2.24) is 9.62 Å². The molecular weight excluding hydrogens is 507 g/mol. The summed E-state index contributed by atoms with van der Waals surface area (Å²) in [4.78, 5) is 14.5. The van der Waals surface area contributed by atoms with E-state index < -0.39 is 32.2 Å². The number of benzene rings is 2. The smallest absolute Gasteiger partial charge is 0.265 e. The first-order valence-corrected chi connectivity index (χ1v) is 14.4. The van der Waals surface area contributed by atoms with E-state index in [1.54, 1.807) is 0 Å². The average Bonchev–Trinajstić information content (AvgIpc) is 2.91. The highest BCUT2D eigenvalue weighted by Gasteiger charge is 2.41. The summed E-state index contributed by atoms with van der Waals surface area (Å²) in [5, 5.41) is 12.9. The zero-order valence-corrected chi connectivity index (χ0v) is 23.1. The Bertz CT molecular complexity index is 1240. The van der Waals surface area contributed by atoms with Gasteiger partial charge in [0.1, 0.15) is 17.5 Å². The summed E-state index contributed by atoms with van der Waals surface area (Å²) in [6, 6.07) is 13.6. The van der Waals surface area contributed by atoms with E-state index in [2.05, 4.69) is 10.0 Å². The van der Waals surface area contributed by atoms with E-state index in [0.29, 0.717) is 25.7 Å². The van der Waals surface area contributed by atoms with Gasteiger partial charge in [-0.25, -0.2) is 17.5 Å². The fourth-order valence-electron chi connectivity index (χ4n) is 4.78. The lowest BCUT2D eigenvalue weighted by Crippen LogP contribution is -2.51. The number of halogens is 1. The van der Waals surface area contributed by atoms with Gasteiger partial charge in [0, 0.05) is 13.2 Å². The van der Waals surface area contributed by atoms with Crippen molar-refractivity contribution in [3.05, 3.63) is 59.4 Å². The predicted molar refractivity (Wildman–Crippen MR) is 145 cm³/mol. The Morgan fingerprint density at radius 1 is 1.16 bits per heavy atom. The number of aryl methyl sites for hydroxylation is 1. The van der Waals surface area contributed by atoms with Crippen LogP contribution in [0.25, 0.3) is 0 Å². The molecule has 0 radical (unpaired) electrons. The summed E-state index contributed by atoms with van der Waals surface area (Å²) in [6.45, 7) is 0.746. The molecule has 2 aromatic rings. The third-order valence-electron chi connectivity index (χ3n) is 7.08. The first-order valence-electron chi connectivity index (χ1n) is 12.9. The van der Waals surface area contributed by atoms with E-state index in [1.165, 1.54) is 7.11 Å². The molecule has 38 heavy (non-hydrogen) atoms. The van der Waals surface area contributed by atoms with Crippen LogP contribution in [0.3, 0.4) is 0 Å². The summed E-state index contributed by atoms with van der Waals surface area (Å²) >= 11 is 0. The van der Waals surface area contributed by atoms with Crippen LogP contribution < -0.4 is 10.0 Å². The molecular formula is C28H37FN4O4S. The minimum absolute atomic E-state index is 0.0461. The number of sulfonamides is 1. The van der Waals surface area contributed by atoms with Crippen LogP contribution in [-0.2, 0) is 26.0 Å². The fraction of sp³-hybridized carbons (Fsp3) is 0.500.